The third-order valence-electron chi connectivity index (χ3n) is 5.27. The molecule has 0 aromatic carbocycles. The summed E-state index contributed by atoms with van der Waals surface area (Å²) < 4.78 is 0. The van der Waals surface area contributed by atoms with E-state index in [1.165, 1.54) is 6.08 Å². The lowest BCUT2D eigenvalue weighted by molar-refractivity contribution is -0.133. The third-order valence-corrected chi connectivity index (χ3v) is 5.27. The number of hydrogen-bond acceptors (Lipinski definition) is 5. The van der Waals surface area contributed by atoms with E-state index in [0.717, 1.165) is 24.8 Å². The molecule has 0 saturated heterocycles. The van der Waals surface area contributed by atoms with Crippen molar-refractivity contribution in [1.29, 1.82) is 0 Å². The molecule has 35 heavy (non-hydrogen) atoms. The van der Waals surface area contributed by atoms with Gasteiger partial charge < -0.3 is 27.4 Å². The molecule has 1 rings (SSSR count). The highest BCUT2D eigenvalue weighted by atomic mass is 16.2. The molecule has 194 valence electrons. The van der Waals surface area contributed by atoms with E-state index in [-0.39, 0.29) is 24.1 Å². The van der Waals surface area contributed by atoms with Gasteiger partial charge in [0.25, 0.3) is 5.91 Å². The maximum atomic E-state index is 13.1. The van der Waals surface area contributed by atoms with Gasteiger partial charge in [0.05, 0.1) is 6.54 Å². The van der Waals surface area contributed by atoms with E-state index in [2.05, 4.69) is 28.1 Å². The molecule has 9 nitrogen and oxygen atoms in total. The minimum absolute atomic E-state index is 0.00569. The first kappa shape index (κ1) is 29.8. The minimum atomic E-state index is -0.968. The van der Waals surface area contributed by atoms with Gasteiger partial charge in [-0.05, 0) is 44.6 Å². The van der Waals surface area contributed by atoms with E-state index in [1.54, 1.807) is 12.2 Å². The van der Waals surface area contributed by atoms with Crippen molar-refractivity contribution in [2.75, 3.05) is 13.1 Å². The molecule has 1 aliphatic carbocycles. The Labute approximate surface area is 208 Å². The highest BCUT2D eigenvalue weighted by molar-refractivity contribution is 5.98. The first-order valence-corrected chi connectivity index (χ1v) is 12.1. The van der Waals surface area contributed by atoms with Crippen molar-refractivity contribution in [1.82, 2.24) is 16.0 Å². The lowest BCUT2D eigenvalue weighted by Crippen LogP contribution is -2.51. The summed E-state index contributed by atoms with van der Waals surface area (Å²) in [6.45, 7) is 7.46. The summed E-state index contributed by atoms with van der Waals surface area (Å²) >= 11 is 0. The number of carbonyl (C=O) groups is 4. The monoisotopic (exact) mass is 487 g/mol. The molecule has 1 unspecified atom stereocenters. The number of unbranched alkanes of at least 4 members (excludes halogenated alkanes) is 1. The summed E-state index contributed by atoms with van der Waals surface area (Å²) in [5.41, 5.74) is 11.1. The van der Waals surface area contributed by atoms with Crippen LogP contribution in [0.4, 0.5) is 0 Å². The molecule has 0 aromatic rings. The summed E-state index contributed by atoms with van der Waals surface area (Å²) in [6.07, 6.45) is 15.0. The maximum absolute atomic E-state index is 13.1. The number of rotatable bonds is 14. The van der Waals surface area contributed by atoms with Gasteiger partial charge in [0.2, 0.25) is 17.7 Å². The van der Waals surface area contributed by atoms with Crippen molar-refractivity contribution in [3.63, 3.8) is 0 Å². The van der Waals surface area contributed by atoms with Crippen LogP contribution in [0.15, 0.2) is 47.7 Å². The number of nitrogens with one attached hydrogen (secondary N) is 3. The highest BCUT2D eigenvalue weighted by Gasteiger charge is 2.31. The Kier molecular flexibility index (Phi) is 12.7. The summed E-state index contributed by atoms with van der Waals surface area (Å²) in [5, 5.41) is 7.72. The van der Waals surface area contributed by atoms with E-state index in [1.807, 2.05) is 33.8 Å². The molecule has 1 atom stereocenters. The van der Waals surface area contributed by atoms with E-state index in [0.29, 0.717) is 19.4 Å². The molecule has 0 heterocycles. The van der Waals surface area contributed by atoms with Crippen molar-refractivity contribution in [3.8, 4) is 0 Å². The molecule has 0 radical (unpaired) electrons. The number of hydrogen-bond donors (Lipinski definition) is 5. The Morgan fingerprint density at radius 3 is 2.46 bits per heavy atom. The van der Waals surface area contributed by atoms with E-state index in [4.69, 9.17) is 11.5 Å². The molecule has 0 bridgehead atoms. The predicted molar refractivity (Wildman–Crippen MR) is 137 cm³/mol. The number of primary amides is 1. The molecule has 4 amide bonds. The van der Waals surface area contributed by atoms with Gasteiger partial charge in [-0.2, -0.15) is 0 Å². The van der Waals surface area contributed by atoms with Crippen LogP contribution >= 0.6 is 0 Å². The number of allylic oxidation sites excluding steroid dienone is 6. The molecular formula is C26H41N5O4. The summed E-state index contributed by atoms with van der Waals surface area (Å²) in [5.74, 6) is -2.19. The maximum Gasteiger partial charge on any atom is 0.264 e. The first-order valence-electron chi connectivity index (χ1n) is 12.1. The highest BCUT2D eigenvalue weighted by Crippen LogP contribution is 2.28. The zero-order chi connectivity index (χ0) is 26.4. The lowest BCUT2D eigenvalue weighted by Gasteiger charge is -2.27. The fourth-order valence-corrected chi connectivity index (χ4v) is 3.39. The predicted octanol–water partition coefficient (Wildman–Crippen LogP) is 1.72. The van der Waals surface area contributed by atoms with Crippen molar-refractivity contribution in [2.24, 2.45) is 22.8 Å². The van der Waals surface area contributed by atoms with Crippen LogP contribution in [0, 0.1) is 11.3 Å². The quantitative estimate of drug-likeness (QED) is 0.143. The molecular weight excluding hydrogens is 446 g/mol. The number of amides is 4. The lowest BCUT2D eigenvalue weighted by atomic mass is 9.83. The molecule has 0 saturated carbocycles. The van der Waals surface area contributed by atoms with Crippen LogP contribution in [0.2, 0.25) is 0 Å². The van der Waals surface area contributed by atoms with E-state index >= 15 is 0 Å². The molecule has 1 aliphatic rings. The third kappa shape index (κ3) is 11.7. The van der Waals surface area contributed by atoms with Crippen LogP contribution in [-0.2, 0) is 19.2 Å². The fraction of sp³-hybridized carbons (Fsp3) is 0.538. The van der Waals surface area contributed by atoms with Crippen LogP contribution in [-0.4, -0.2) is 42.8 Å². The average molecular weight is 488 g/mol. The molecule has 0 aliphatic heterocycles. The Hall–Kier alpha value is -3.20. The second-order valence-corrected chi connectivity index (χ2v) is 9.58. The Bertz CT molecular complexity index is 884. The van der Waals surface area contributed by atoms with Crippen molar-refractivity contribution in [3.05, 3.63) is 47.7 Å². The summed E-state index contributed by atoms with van der Waals surface area (Å²) in [4.78, 5) is 49.7. The van der Waals surface area contributed by atoms with Gasteiger partial charge in [-0.25, -0.2) is 0 Å². The van der Waals surface area contributed by atoms with Crippen molar-refractivity contribution < 1.29 is 19.2 Å². The largest absolute Gasteiger partial charge is 0.364 e. The molecule has 7 N–H and O–H groups in total. The van der Waals surface area contributed by atoms with Crippen molar-refractivity contribution >= 4 is 23.6 Å². The van der Waals surface area contributed by atoms with Crippen molar-refractivity contribution in [2.45, 2.75) is 65.8 Å². The molecule has 0 spiro atoms. The topological polar surface area (TPSA) is 156 Å². The van der Waals surface area contributed by atoms with Gasteiger partial charge in [0.15, 0.2) is 0 Å². The Morgan fingerprint density at radius 1 is 1.17 bits per heavy atom. The van der Waals surface area contributed by atoms with Crippen LogP contribution in [0.25, 0.3) is 0 Å². The van der Waals surface area contributed by atoms with Gasteiger partial charge in [-0.15, -0.1) is 0 Å². The summed E-state index contributed by atoms with van der Waals surface area (Å²) in [6, 6.07) is -0.968. The van der Waals surface area contributed by atoms with Crippen LogP contribution < -0.4 is 27.4 Å². The Morgan fingerprint density at radius 2 is 1.89 bits per heavy atom. The minimum Gasteiger partial charge on any atom is -0.364 e. The van der Waals surface area contributed by atoms with E-state index < -0.39 is 29.2 Å². The van der Waals surface area contributed by atoms with Gasteiger partial charge in [-0.3, -0.25) is 19.2 Å². The zero-order valence-electron chi connectivity index (χ0n) is 21.4. The average Bonchev–Trinajstić information content (AvgIpc) is 2.78. The number of nitrogens with two attached hydrogens (primary N) is 2. The fourth-order valence-electron chi connectivity index (χ4n) is 3.39. The Balaban J connectivity index is 2.84. The van der Waals surface area contributed by atoms with Gasteiger partial charge >= 0.3 is 0 Å². The normalized spacial score (nSPS) is 15.0. The standard InChI is InChI=1S/C26H41N5O4/c1-18(2)15-21(23(28)33)30-22(32)17-29-24(34)20(13-9-6-10-14-27)31-25(35)26(3,4)16-19-11-7-5-8-12-19/h7,9,11-13,15,18,20H,5-6,8,10,14,16-17,27H2,1-4H3,(H2,28,33)(H,29,34)(H,30,32)(H,31,35)/b13-9?,21-15+. The van der Waals surface area contributed by atoms with Gasteiger partial charge in [0, 0.05) is 5.41 Å². The van der Waals surface area contributed by atoms with E-state index in [9.17, 15) is 19.2 Å². The van der Waals surface area contributed by atoms with Gasteiger partial charge in [-0.1, -0.05) is 69.7 Å². The SMILES string of the molecule is CC(C)/C=C(/NC(=O)CNC(=O)C(C=CCCCN)NC(=O)C(C)(C)CC1=CCCC=C1)C(N)=O. The zero-order valence-corrected chi connectivity index (χ0v) is 21.4. The van der Waals surface area contributed by atoms with Crippen LogP contribution in [0.3, 0.4) is 0 Å². The second-order valence-electron chi connectivity index (χ2n) is 9.58. The van der Waals surface area contributed by atoms with Gasteiger partial charge in [0.1, 0.15) is 11.7 Å². The van der Waals surface area contributed by atoms with Crippen LogP contribution in [0.5, 0.6) is 0 Å². The molecule has 9 heteroatoms. The number of carbonyl (C=O) groups excluding carboxylic acids is 4. The summed E-state index contributed by atoms with van der Waals surface area (Å²) in [7, 11) is 0. The molecule has 0 fully saturated rings. The smallest absolute Gasteiger partial charge is 0.264 e. The first-order chi connectivity index (χ1) is 16.5. The van der Waals surface area contributed by atoms with Crippen LogP contribution in [0.1, 0.15) is 59.8 Å². The molecule has 0 aromatic heterocycles. The second kappa shape index (κ2) is 14.9.